The first-order valence-corrected chi connectivity index (χ1v) is 14.3. The van der Waals surface area contributed by atoms with Crippen LogP contribution in [-0.2, 0) is 0 Å². The van der Waals surface area contributed by atoms with Crippen LogP contribution >= 0.6 is 11.3 Å². The largest absolute Gasteiger partial charge is 0.456 e. The lowest BCUT2D eigenvalue weighted by Gasteiger charge is -2.08. The van der Waals surface area contributed by atoms with E-state index in [1.54, 1.807) is 0 Å². The molecule has 3 aromatic heterocycles. The molecule has 9 rings (SSSR count). The topological polar surface area (TPSA) is 18.1 Å². The molecule has 5 aromatic carbocycles. The summed E-state index contributed by atoms with van der Waals surface area (Å²) < 4.78 is 11.2. The highest BCUT2D eigenvalue weighted by Gasteiger charge is 2.16. The Balaban J connectivity index is 1.28. The van der Waals surface area contributed by atoms with Crippen molar-refractivity contribution >= 4 is 76.4 Å². The van der Waals surface area contributed by atoms with Crippen molar-refractivity contribution in [2.45, 2.75) is 12.8 Å². The Morgan fingerprint density at radius 2 is 1.38 bits per heavy atom. The molecule has 0 N–H and O–H groups in total. The number of furan rings is 1. The molecule has 184 valence electrons. The van der Waals surface area contributed by atoms with E-state index >= 15 is 0 Å². The zero-order chi connectivity index (χ0) is 25.5. The van der Waals surface area contributed by atoms with Crippen molar-refractivity contribution in [1.29, 1.82) is 0 Å². The second kappa shape index (κ2) is 7.95. The predicted octanol–water partition coefficient (Wildman–Crippen LogP) is 8.92. The van der Waals surface area contributed by atoms with E-state index in [4.69, 9.17) is 4.42 Å². The summed E-state index contributed by atoms with van der Waals surface area (Å²) in [7, 11) is 0. The van der Waals surface area contributed by atoms with Crippen molar-refractivity contribution in [2.24, 2.45) is 0 Å². The van der Waals surface area contributed by atoms with Gasteiger partial charge >= 0.3 is 0 Å². The molecule has 3 heteroatoms. The summed E-state index contributed by atoms with van der Waals surface area (Å²) in [5, 5.41) is 7.66. The van der Waals surface area contributed by atoms with Crippen molar-refractivity contribution < 1.29 is 4.42 Å². The third-order valence-corrected chi connectivity index (χ3v) is 9.45. The molecular weight excluding hydrogens is 494 g/mol. The average molecular weight is 518 g/mol. The zero-order valence-corrected chi connectivity index (χ0v) is 22.0. The quantitative estimate of drug-likeness (QED) is 0.224. The number of rotatable bonds is 2. The zero-order valence-electron chi connectivity index (χ0n) is 21.1. The van der Waals surface area contributed by atoms with Gasteiger partial charge in [-0.2, -0.15) is 0 Å². The van der Waals surface area contributed by atoms with E-state index in [0.29, 0.717) is 0 Å². The van der Waals surface area contributed by atoms with Gasteiger partial charge in [0.2, 0.25) is 0 Å². The van der Waals surface area contributed by atoms with Crippen LogP contribution in [0.5, 0.6) is 0 Å². The van der Waals surface area contributed by atoms with Crippen LogP contribution in [0.3, 0.4) is 0 Å². The Labute approximate surface area is 228 Å². The van der Waals surface area contributed by atoms with Crippen LogP contribution in [0.2, 0.25) is 0 Å². The molecule has 0 unspecified atom stereocenters. The van der Waals surface area contributed by atoms with E-state index in [2.05, 4.69) is 120 Å². The second-order valence-electron chi connectivity index (χ2n) is 10.4. The highest BCUT2D eigenvalue weighted by Crippen LogP contribution is 2.42. The standard InChI is InChI=1S/C36H23NOS/c1-4-13-31-25(8-1)26-9-2-5-14-32(26)37(31)23-17-19-35-30(21-23)28-12-7-11-24(36(28)39-35)22-16-18-34-29(20-22)27-10-3-6-15-33(27)38-34/h1-2,4-5,7-21H,3,6H2. The molecule has 2 nitrogen and oxygen atoms in total. The lowest BCUT2D eigenvalue weighted by Crippen LogP contribution is -2.22. The van der Waals surface area contributed by atoms with Crippen LogP contribution in [0.1, 0.15) is 12.8 Å². The van der Waals surface area contributed by atoms with Crippen LogP contribution < -0.4 is 10.6 Å². The number of benzene rings is 5. The van der Waals surface area contributed by atoms with Crippen molar-refractivity contribution in [3.8, 4) is 16.8 Å². The fourth-order valence-electron chi connectivity index (χ4n) is 6.46. The summed E-state index contributed by atoms with van der Waals surface area (Å²) in [6, 6.07) is 37.7. The van der Waals surface area contributed by atoms with E-state index in [1.807, 2.05) is 11.3 Å². The Morgan fingerprint density at radius 1 is 0.615 bits per heavy atom. The molecule has 0 radical (unpaired) electrons. The first-order chi connectivity index (χ1) is 19.3. The van der Waals surface area contributed by atoms with Crippen molar-refractivity contribution in [3.05, 3.63) is 114 Å². The van der Waals surface area contributed by atoms with Crippen LogP contribution in [0.25, 0.3) is 81.9 Å². The molecule has 0 saturated heterocycles. The lowest BCUT2D eigenvalue weighted by atomic mass is 10.0. The molecule has 0 fully saturated rings. The molecule has 8 aromatic rings. The molecule has 3 heterocycles. The molecule has 0 aliphatic heterocycles. The number of fused-ring (bicyclic) bond motifs is 9. The summed E-state index contributed by atoms with van der Waals surface area (Å²) in [5.74, 6) is 0. The highest BCUT2D eigenvalue weighted by atomic mass is 32.1. The first-order valence-electron chi connectivity index (χ1n) is 13.5. The molecule has 0 bridgehead atoms. The van der Waals surface area contributed by atoms with Gasteiger partial charge in [-0.05, 0) is 72.5 Å². The maximum atomic E-state index is 6.14. The van der Waals surface area contributed by atoms with Gasteiger partial charge in [0.25, 0.3) is 0 Å². The molecule has 39 heavy (non-hydrogen) atoms. The summed E-state index contributed by atoms with van der Waals surface area (Å²) in [5.41, 5.74) is 8.19. The smallest absolute Gasteiger partial charge is 0.135 e. The fraction of sp³-hybridized carbons (Fsp3) is 0.0556. The van der Waals surface area contributed by atoms with Gasteiger partial charge in [0, 0.05) is 47.2 Å². The molecule has 0 atom stereocenters. The van der Waals surface area contributed by atoms with Gasteiger partial charge in [0.1, 0.15) is 11.0 Å². The first kappa shape index (κ1) is 21.3. The molecule has 1 aliphatic rings. The van der Waals surface area contributed by atoms with Crippen LogP contribution in [0, 0.1) is 0 Å². The SMILES string of the molecule is C1=c2oc3ccc(-c4cccc5c4sc4ccc(-n6c7ccccc7c7ccccc76)cc45)cc3c2=CCC1. The number of hydrogen-bond donors (Lipinski definition) is 0. The molecular formula is C36H23NOS. The van der Waals surface area contributed by atoms with E-state index in [1.165, 1.54) is 69.4 Å². The van der Waals surface area contributed by atoms with Crippen molar-refractivity contribution in [1.82, 2.24) is 4.57 Å². The average Bonchev–Trinajstić information content (AvgIpc) is 3.66. The van der Waals surface area contributed by atoms with Gasteiger partial charge in [0.05, 0.1) is 11.0 Å². The maximum absolute atomic E-state index is 6.14. The van der Waals surface area contributed by atoms with Crippen molar-refractivity contribution in [3.63, 3.8) is 0 Å². The second-order valence-corrected chi connectivity index (χ2v) is 11.5. The third-order valence-electron chi connectivity index (χ3n) is 8.23. The lowest BCUT2D eigenvalue weighted by molar-refractivity contribution is 0.572. The normalized spacial score (nSPS) is 13.3. The fourth-order valence-corrected chi connectivity index (χ4v) is 7.68. The molecule has 1 aliphatic carbocycles. The number of aromatic nitrogens is 1. The molecule has 0 spiro atoms. The maximum Gasteiger partial charge on any atom is 0.135 e. The van der Waals surface area contributed by atoms with Crippen molar-refractivity contribution in [2.75, 3.05) is 0 Å². The third kappa shape index (κ3) is 3.02. The molecule has 0 saturated carbocycles. The van der Waals surface area contributed by atoms with Gasteiger partial charge < -0.3 is 8.98 Å². The van der Waals surface area contributed by atoms with E-state index in [9.17, 15) is 0 Å². The van der Waals surface area contributed by atoms with Gasteiger partial charge in [0.15, 0.2) is 0 Å². The van der Waals surface area contributed by atoms with Gasteiger partial charge in [-0.3, -0.25) is 0 Å². The monoisotopic (exact) mass is 517 g/mol. The summed E-state index contributed by atoms with van der Waals surface area (Å²) in [6.07, 6.45) is 6.67. The minimum atomic E-state index is 0.970. The van der Waals surface area contributed by atoms with Gasteiger partial charge in [-0.1, -0.05) is 66.7 Å². The summed E-state index contributed by atoms with van der Waals surface area (Å²) >= 11 is 1.89. The Kier molecular flexibility index (Phi) is 4.35. The van der Waals surface area contributed by atoms with Crippen LogP contribution in [0.15, 0.2) is 108 Å². The van der Waals surface area contributed by atoms with E-state index in [0.717, 1.165) is 23.8 Å². The number of hydrogen-bond acceptors (Lipinski definition) is 2. The van der Waals surface area contributed by atoms with Crippen LogP contribution in [0.4, 0.5) is 0 Å². The van der Waals surface area contributed by atoms with E-state index < -0.39 is 0 Å². The van der Waals surface area contributed by atoms with E-state index in [-0.39, 0.29) is 0 Å². The minimum Gasteiger partial charge on any atom is -0.456 e. The number of nitrogens with zero attached hydrogens (tertiary/aromatic N) is 1. The molecule has 0 amide bonds. The summed E-state index contributed by atoms with van der Waals surface area (Å²) in [4.78, 5) is 0. The van der Waals surface area contributed by atoms with Crippen LogP contribution in [-0.4, -0.2) is 4.57 Å². The Hall–Kier alpha value is -4.60. The Bertz CT molecular complexity index is 2350. The summed E-state index contributed by atoms with van der Waals surface area (Å²) in [6.45, 7) is 0. The van der Waals surface area contributed by atoms with Gasteiger partial charge in [-0.15, -0.1) is 11.3 Å². The number of para-hydroxylation sites is 2. The predicted molar refractivity (Wildman–Crippen MR) is 166 cm³/mol. The number of thiophene rings is 1. The minimum absolute atomic E-state index is 0.970. The van der Waals surface area contributed by atoms with Gasteiger partial charge in [-0.25, -0.2) is 0 Å². The highest BCUT2D eigenvalue weighted by molar-refractivity contribution is 7.26. The Morgan fingerprint density at radius 3 is 2.23 bits per heavy atom.